The molecule has 3 N–H and O–H groups in total. The molecule has 0 aliphatic rings. The fraction of sp³-hybridized carbons (Fsp3) is 0.364. The summed E-state index contributed by atoms with van der Waals surface area (Å²) in [6, 6.07) is 4.78. The van der Waals surface area contributed by atoms with Crippen molar-refractivity contribution in [3.05, 3.63) is 24.3 Å². The van der Waals surface area contributed by atoms with Gasteiger partial charge >= 0.3 is 6.36 Å². The summed E-state index contributed by atoms with van der Waals surface area (Å²) >= 11 is 4.65. The van der Waals surface area contributed by atoms with Crippen LogP contribution in [0.2, 0.25) is 0 Å². The van der Waals surface area contributed by atoms with Gasteiger partial charge in [0.1, 0.15) is 5.25 Å². The van der Waals surface area contributed by atoms with E-state index in [2.05, 4.69) is 17.0 Å². The van der Waals surface area contributed by atoms with Crippen molar-refractivity contribution in [3.63, 3.8) is 0 Å². The molecular formula is C11H13F3N2O3S2. The average molecular weight is 342 g/mol. The molecule has 0 amide bonds. The van der Waals surface area contributed by atoms with Gasteiger partial charge in [-0.05, 0) is 18.6 Å². The highest BCUT2D eigenvalue weighted by Gasteiger charge is 2.33. The number of para-hydroxylation sites is 2. The molecule has 118 valence electrons. The summed E-state index contributed by atoms with van der Waals surface area (Å²) in [7, 11) is -4.07. The van der Waals surface area contributed by atoms with Crippen molar-refractivity contribution in [1.29, 1.82) is 0 Å². The van der Waals surface area contributed by atoms with Crippen LogP contribution in [0, 0.1) is 0 Å². The first-order valence-corrected chi connectivity index (χ1v) is 7.68. The number of ether oxygens (including phenoxy) is 1. The van der Waals surface area contributed by atoms with Gasteiger partial charge in [-0.1, -0.05) is 31.3 Å². The van der Waals surface area contributed by atoms with Gasteiger partial charge in [0.05, 0.1) is 10.7 Å². The van der Waals surface area contributed by atoms with Crippen molar-refractivity contribution in [3.8, 4) is 5.75 Å². The summed E-state index contributed by atoms with van der Waals surface area (Å²) in [4.78, 5) is -0.265. The normalized spacial score (nSPS) is 13.5. The van der Waals surface area contributed by atoms with Gasteiger partial charge in [-0.2, -0.15) is 0 Å². The smallest absolute Gasteiger partial charge is 0.404 e. The van der Waals surface area contributed by atoms with Gasteiger partial charge in [0.2, 0.25) is 10.0 Å². The lowest BCUT2D eigenvalue weighted by Crippen LogP contribution is -2.37. The van der Waals surface area contributed by atoms with Crippen LogP contribution < -0.4 is 15.2 Å². The second-order valence-corrected chi connectivity index (χ2v) is 6.32. The number of anilines is 1. The summed E-state index contributed by atoms with van der Waals surface area (Å²) in [5, 5.41) is -1.19. The maximum absolute atomic E-state index is 12.3. The summed E-state index contributed by atoms with van der Waals surface area (Å²) in [6.07, 6.45) is -4.85. The predicted molar refractivity (Wildman–Crippen MR) is 76.5 cm³/mol. The number of benzene rings is 1. The number of nitrogens with one attached hydrogen (secondary N) is 1. The minimum absolute atomic E-state index is 0.0902. The van der Waals surface area contributed by atoms with Gasteiger partial charge < -0.3 is 10.5 Å². The molecule has 0 spiro atoms. The minimum atomic E-state index is -4.94. The Morgan fingerprint density at radius 3 is 2.48 bits per heavy atom. The first kappa shape index (κ1) is 17.5. The van der Waals surface area contributed by atoms with Gasteiger partial charge in [0.25, 0.3) is 0 Å². The zero-order valence-corrected chi connectivity index (χ0v) is 12.5. The fourth-order valence-corrected chi connectivity index (χ4v) is 3.47. The van der Waals surface area contributed by atoms with E-state index in [1.165, 1.54) is 12.1 Å². The zero-order chi connectivity index (χ0) is 16.3. The van der Waals surface area contributed by atoms with Crippen LogP contribution in [-0.4, -0.2) is 25.0 Å². The predicted octanol–water partition coefficient (Wildman–Crippen LogP) is 2.39. The Labute approximate surface area is 125 Å². The van der Waals surface area contributed by atoms with Gasteiger partial charge in [0.15, 0.2) is 5.75 Å². The van der Waals surface area contributed by atoms with Crippen LogP contribution >= 0.6 is 12.2 Å². The van der Waals surface area contributed by atoms with E-state index >= 15 is 0 Å². The van der Waals surface area contributed by atoms with E-state index in [-0.39, 0.29) is 17.1 Å². The molecular weight excluding hydrogens is 329 g/mol. The Morgan fingerprint density at radius 2 is 2.00 bits per heavy atom. The van der Waals surface area contributed by atoms with Crippen molar-refractivity contribution in [2.24, 2.45) is 5.73 Å². The second kappa shape index (κ2) is 6.48. The van der Waals surface area contributed by atoms with Gasteiger partial charge in [-0.15, -0.1) is 13.2 Å². The second-order valence-electron chi connectivity index (χ2n) is 3.99. The Bertz CT molecular complexity index is 617. The maximum Gasteiger partial charge on any atom is 0.573 e. The average Bonchev–Trinajstić information content (AvgIpc) is 2.29. The molecule has 0 aliphatic heterocycles. The maximum atomic E-state index is 12.3. The highest BCUT2D eigenvalue weighted by atomic mass is 32.2. The largest absolute Gasteiger partial charge is 0.573 e. The lowest BCUT2D eigenvalue weighted by Gasteiger charge is -2.18. The third-order valence-electron chi connectivity index (χ3n) is 2.43. The van der Waals surface area contributed by atoms with Gasteiger partial charge in [-0.3, -0.25) is 4.72 Å². The van der Waals surface area contributed by atoms with Crippen LogP contribution in [0.3, 0.4) is 0 Å². The molecule has 1 unspecified atom stereocenters. The molecule has 0 saturated carbocycles. The number of sulfonamides is 1. The lowest BCUT2D eigenvalue weighted by molar-refractivity contribution is -0.274. The van der Waals surface area contributed by atoms with Crippen molar-refractivity contribution >= 4 is 32.9 Å². The molecule has 0 bridgehead atoms. The number of alkyl halides is 3. The SMILES string of the molecule is CCC(C(N)=S)S(=O)(=O)Nc1ccccc1OC(F)(F)F. The number of thiocarbonyl (C=S) groups is 1. The third-order valence-corrected chi connectivity index (χ3v) is 4.70. The standard InChI is InChI=1S/C11H13F3N2O3S2/c1-2-9(10(15)20)21(17,18)16-7-5-3-4-6-8(7)19-11(12,13)14/h3-6,9,16H,2H2,1H3,(H2,15,20). The van der Waals surface area contributed by atoms with Crippen molar-refractivity contribution in [2.75, 3.05) is 4.72 Å². The molecule has 5 nitrogen and oxygen atoms in total. The summed E-state index contributed by atoms with van der Waals surface area (Å²) in [5.74, 6) is -0.661. The monoisotopic (exact) mass is 342 g/mol. The third kappa shape index (κ3) is 5.05. The van der Waals surface area contributed by atoms with E-state index < -0.39 is 27.4 Å². The topological polar surface area (TPSA) is 81.4 Å². The highest BCUT2D eigenvalue weighted by Crippen LogP contribution is 2.31. The molecule has 21 heavy (non-hydrogen) atoms. The Balaban J connectivity index is 3.11. The van der Waals surface area contributed by atoms with E-state index in [4.69, 9.17) is 5.73 Å². The Kier molecular flexibility index (Phi) is 5.40. The molecule has 1 aromatic carbocycles. The van der Waals surface area contributed by atoms with Crippen molar-refractivity contribution in [1.82, 2.24) is 0 Å². The number of hydrogen-bond acceptors (Lipinski definition) is 4. The highest BCUT2D eigenvalue weighted by molar-refractivity contribution is 7.95. The molecule has 1 aromatic rings. The zero-order valence-electron chi connectivity index (χ0n) is 10.8. The van der Waals surface area contributed by atoms with Crippen LogP contribution in [0.15, 0.2) is 24.3 Å². The minimum Gasteiger partial charge on any atom is -0.404 e. The summed E-state index contributed by atoms with van der Waals surface area (Å²) in [5.41, 5.74) is 4.98. The van der Waals surface area contributed by atoms with Gasteiger partial charge in [-0.25, -0.2) is 8.42 Å². The number of halogens is 3. The van der Waals surface area contributed by atoms with E-state index in [0.717, 1.165) is 12.1 Å². The molecule has 0 saturated heterocycles. The van der Waals surface area contributed by atoms with E-state index in [9.17, 15) is 21.6 Å². The number of rotatable bonds is 6. The quantitative estimate of drug-likeness (QED) is 0.776. The molecule has 1 atom stereocenters. The molecule has 10 heteroatoms. The molecule has 0 heterocycles. The van der Waals surface area contributed by atoms with E-state index in [1.807, 2.05) is 4.72 Å². The first-order valence-electron chi connectivity index (χ1n) is 5.72. The Morgan fingerprint density at radius 1 is 1.43 bits per heavy atom. The summed E-state index contributed by atoms with van der Waals surface area (Å²) in [6.45, 7) is 1.54. The number of nitrogens with two attached hydrogens (primary N) is 1. The van der Waals surface area contributed by atoms with Gasteiger partial charge in [0, 0.05) is 0 Å². The fourth-order valence-electron chi connectivity index (χ4n) is 1.56. The Hall–Kier alpha value is -1.55. The molecule has 1 rings (SSSR count). The van der Waals surface area contributed by atoms with Crippen molar-refractivity contribution < 1.29 is 26.3 Å². The molecule has 0 aliphatic carbocycles. The van der Waals surface area contributed by atoms with E-state index in [0.29, 0.717) is 0 Å². The van der Waals surface area contributed by atoms with Crippen LogP contribution in [0.25, 0.3) is 0 Å². The van der Waals surface area contributed by atoms with Crippen LogP contribution in [-0.2, 0) is 10.0 Å². The first-order chi connectivity index (χ1) is 9.57. The molecule has 0 radical (unpaired) electrons. The van der Waals surface area contributed by atoms with Crippen LogP contribution in [0.4, 0.5) is 18.9 Å². The molecule has 0 fully saturated rings. The lowest BCUT2D eigenvalue weighted by atomic mass is 10.3. The number of hydrogen-bond donors (Lipinski definition) is 2. The molecule has 0 aromatic heterocycles. The summed E-state index contributed by atoms with van der Waals surface area (Å²) < 4.78 is 66.7. The van der Waals surface area contributed by atoms with Crippen molar-refractivity contribution in [2.45, 2.75) is 25.0 Å². The van der Waals surface area contributed by atoms with Crippen LogP contribution in [0.5, 0.6) is 5.75 Å². The van der Waals surface area contributed by atoms with E-state index in [1.54, 1.807) is 6.92 Å². The van der Waals surface area contributed by atoms with Crippen LogP contribution in [0.1, 0.15) is 13.3 Å².